The standard InChI is InChI=1S/C55H56N4O7S/c1-6-32-64-53(63)59(5)34-40-33-44(58-50(60)38(2)57-52(62)66-36-49-47-28-18-16-26-45(47)46-27-17-19-29-48(46)49)31-30-39(40)35-65-51(61)56-37-54(3,4)67-55(41-20-10-7-11-21-41,42-22-12-8-13-23-42)43-24-14-9-15-25-43/h6-31,33,38,49H,1,32,34-37H2,2-5H3,(H,56,61)(H,57,62)(H,58,60)/t38-/m0/s1. The molecule has 1 aliphatic carbocycles. The van der Waals surface area contributed by atoms with E-state index in [2.05, 4.69) is 84.9 Å². The first-order valence-electron chi connectivity index (χ1n) is 22.2. The molecule has 7 rings (SSSR count). The van der Waals surface area contributed by atoms with E-state index < -0.39 is 39.7 Å². The lowest BCUT2D eigenvalue weighted by molar-refractivity contribution is -0.117. The van der Waals surface area contributed by atoms with Crippen LogP contribution < -0.4 is 16.0 Å². The van der Waals surface area contributed by atoms with Gasteiger partial charge in [0.1, 0.15) is 25.9 Å². The van der Waals surface area contributed by atoms with E-state index in [9.17, 15) is 19.2 Å². The summed E-state index contributed by atoms with van der Waals surface area (Å²) in [5.41, 5.74) is 9.32. The number of nitrogens with zero attached hydrogens (tertiary/aromatic N) is 1. The molecule has 1 atom stereocenters. The van der Waals surface area contributed by atoms with Gasteiger partial charge in [-0.15, -0.1) is 11.8 Å². The van der Waals surface area contributed by atoms with Crippen LogP contribution in [0.2, 0.25) is 0 Å². The fourth-order valence-electron chi connectivity index (χ4n) is 8.31. The van der Waals surface area contributed by atoms with Crippen LogP contribution in [0.15, 0.2) is 170 Å². The van der Waals surface area contributed by atoms with Crippen molar-refractivity contribution in [3.8, 4) is 11.1 Å². The molecule has 0 saturated carbocycles. The zero-order valence-corrected chi connectivity index (χ0v) is 39.0. The predicted octanol–water partition coefficient (Wildman–Crippen LogP) is 11.0. The van der Waals surface area contributed by atoms with Gasteiger partial charge in [-0.1, -0.05) is 158 Å². The zero-order chi connectivity index (χ0) is 47.4. The lowest BCUT2D eigenvalue weighted by atomic mass is 9.84. The number of thioether (sulfide) groups is 1. The van der Waals surface area contributed by atoms with Crippen molar-refractivity contribution in [2.45, 2.75) is 55.4 Å². The fraction of sp³-hybridized carbons (Fsp3) is 0.236. The third-order valence-electron chi connectivity index (χ3n) is 11.6. The summed E-state index contributed by atoms with van der Waals surface area (Å²) in [6.07, 6.45) is -0.450. The minimum atomic E-state index is -0.956. The number of hydrogen-bond acceptors (Lipinski definition) is 8. The molecular formula is C55H56N4O7S. The number of rotatable bonds is 18. The van der Waals surface area contributed by atoms with Crippen LogP contribution in [-0.4, -0.2) is 66.7 Å². The van der Waals surface area contributed by atoms with E-state index in [-0.39, 0.29) is 38.8 Å². The molecule has 6 aromatic rings. The second-order valence-corrected chi connectivity index (χ2v) is 18.9. The van der Waals surface area contributed by atoms with Crippen LogP contribution in [-0.2, 0) is 36.9 Å². The maximum atomic E-state index is 13.5. The van der Waals surface area contributed by atoms with Crippen LogP contribution >= 0.6 is 11.8 Å². The third-order valence-corrected chi connectivity index (χ3v) is 13.3. The van der Waals surface area contributed by atoms with E-state index in [0.29, 0.717) is 16.8 Å². The number of ether oxygens (including phenoxy) is 3. The maximum absolute atomic E-state index is 13.5. The van der Waals surface area contributed by atoms with Crippen molar-refractivity contribution in [2.24, 2.45) is 0 Å². The minimum Gasteiger partial charge on any atom is -0.449 e. The summed E-state index contributed by atoms with van der Waals surface area (Å²) in [6.45, 7) is 9.73. The molecule has 0 aliphatic heterocycles. The molecule has 1 aliphatic rings. The fourth-order valence-corrected chi connectivity index (χ4v) is 10.0. The highest BCUT2D eigenvalue weighted by Gasteiger charge is 2.42. The number of carbonyl (C=O) groups excluding carboxylic acids is 4. The molecule has 6 aromatic carbocycles. The van der Waals surface area contributed by atoms with Crippen molar-refractivity contribution >= 4 is 41.6 Å². The number of carbonyl (C=O) groups is 4. The Labute approximate surface area is 396 Å². The highest BCUT2D eigenvalue weighted by atomic mass is 32.2. The Hall–Kier alpha value is -7.31. The molecule has 0 unspecified atom stereocenters. The predicted molar refractivity (Wildman–Crippen MR) is 265 cm³/mol. The normalized spacial score (nSPS) is 12.4. The molecule has 4 amide bonds. The van der Waals surface area contributed by atoms with Gasteiger partial charge in [-0.3, -0.25) is 4.79 Å². The minimum absolute atomic E-state index is 0.0295. The van der Waals surface area contributed by atoms with E-state index in [1.54, 1.807) is 43.9 Å². The molecule has 0 bridgehead atoms. The average molecular weight is 917 g/mol. The van der Waals surface area contributed by atoms with Gasteiger partial charge in [-0.05, 0) is 83.0 Å². The molecule has 0 heterocycles. The van der Waals surface area contributed by atoms with Gasteiger partial charge in [-0.2, -0.15) is 0 Å². The highest BCUT2D eigenvalue weighted by Crippen LogP contribution is 2.53. The molecule has 0 fully saturated rings. The number of alkyl carbamates (subject to hydrolysis) is 2. The smallest absolute Gasteiger partial charge is 0.410 e. The molecule has 67 heavy (non-hydrogen) atoms. The summed E-state index contributed by atoms with van der Waals surface area (Å²) in [5.74, 6) is -0.616. The Morgan fingerprint density at radius 1 is 0.701 bits per heavy atom. The summed E-state index contributed by atoms with van der Waals surface area (Å²) in [6, 6.07) is 51.4. The first-order valence-corrected chi connectivity index (χ1v) is 23.0. The molecule has 0 saturated heterocycles. The molecule has 0 spiro atoms. The molecule has 0 radical (unpaired) electrons. The summed E-state index contributed by atoms with van der Waals surface area (Å²) in [4.78, 5) is 54.0. The molecule has 12 heteroatoms. The number of benzene rings is 6. The first kappa shape index (κ1) is 47.6. The number of amides is 4. The van der Waals surface area contributed by atoms with Gasteiger partial charge in [0.25, 0.3) is 0 Å². The van der Waals surface area contributed by atoms with Crippen molar-refractivity contribution in [3.63, 3.8) is 0 Å². The van der Waals surface area contributed by atoms with Gasteiger partial charge < -0.3 is 35.1 Å². The summed E-state index contributed by atoms with van der Waals surface area (Å²) in [5, 5.41) is 8.48. The van der Waals surface area contributed by atoms with Crippen molar-refractivity contribution in [2.75, 3.05) is 32.1 Å². The number of anilines is 1. The molecular weight excluding hydrogens is 861 g/mol. The van der Waals surface area contributed by atoms with Crippen LogP contribution in [0.25, 0.3) is 11.1 Å². The van der Waals surface area contributed by atoms with Crippen molar-refractivity contribution in [1.29, 1.82) is 0 Å². The average Bonchev–Trinajstić information content (AvgIpc) is 3.67. The van der Waals surface area contributed by atoms with Gasteiger partial charge in [0.05, 0.1) is 4.75 Å². The molecule has 11 nitrogen and oxygen atoms in total. The summed E-state index contributed by atoms with van der Waals surface area (Å²) >= 11 is 1.75. The van der Waals surface area contributed by atoms with Crippen molar-refractivity contribution in [1.82, 2.24) is 15.5 Å². The van der Waals surface area contributed by atoms with E-state index in [1.165, 1.54) is 11.0 Å². The zero-order valence-electron chi connectivity index (χ0n) is 38.2. The van der Waals surface area contributed by atoms with Crippen LogP contribution in [0.1, 0.15) is 65.6 Å². The Bertz CT molecular complexity index is 2540. The molecule has 3 N–H and O–H groups in total. The van der Waals surface area contributed by atoms with Crippen LogP contribution in [0, 0.1) is 0 Å². The Morgan fingerprint density at radius 2 is 1.24 bits per heavy atom. The van der Waals surface area contributed by atoms with Gasteiger partial charge in [0, 0.05) is 36.5 Å². The molecule has 0 aromatic heterocycles. The number of nitrogens with one attached hydrogen (secondary N) is 3. The SMILES string of the molecule is C=CCOC(=O)N(C)Cc1cc(NC(=O)[C@H](C)NC(=O)OCC2c3ccccc3-c3ccccc32)ccc1COC(=O)NCC(C)(C)SC(c1ccccc1)(c1ccccc1)c1ccccc1. The lowest BCUT2D eigenvalue weighted by Gasteiger charge is -2.41. The second kappa shape index (κ2) is 21.8. The van der Waals surface area contributed by atoms with E-state index >= 15 is 0 Å². The van der Waals surface area contributed by atoms with Gasteiger partial charge >= 0.3 is 18.3 Å². The topological polar surface area (TPSA) is 135 Å². The van der Waals surface area contributed by atoms with E-state index in [0.717, 1.165) is 38.9 Å². The lowest BCUT2D eigenvalue weighted by Crippen LogP contribution is -2.42. The summed E-state index contributed by atoms with van der Waals surface area (Å²) < 4.78 is 15.6. The maximum Gasteiger partial charge on any atom is 0.410 e. The second-order valence-electron chi connectivity index (χ2n) is 17.0. The van der Waals surface area contributed by atoms with Gasteiger partial charge in [-0.25, -0.2) is 14.4 Å². The highest BCUT2D eigenvalue weighted by molar-refractivity contribution is 8.02. The van der Waals surface area contributed by atoms with E-state index in [4.69, 9.17) is 14.2 Å². The quantitative estimate of drug-likeness (QED) is 0.0441. The largest absolute Gasteiger partial charge is 0.449 e. The van der Waals surface area contributed by atoms with Crippen LogP contribution in [0.5, 0.6) is 0 Å². The molecule has 344 valence electrons. The first-order chi connectivity index (χ1) is 32.4. The van der Waals surface area contributed by atoms with Crippen molar-refractivity contribution in [3.05, 3.63) is 209 Å². The van der Waals surface area contributed by atoms with Crippen LogP contribution in [0.4, 0.5) is 20.1 Å². The van der Waals surface area contributed by atoms with E-state index in [1.807, 2.05) is 91.0 Å². The number of fused-ring (bicyclic) bond motifs is 3. The number of hydrogen-bond donors (Lipinski definition) is 3. The van der Waals surface area contributed by atoms with Gasteiger partial charge in [0.2, 0.25) is 5.91 Å². The third kappa shape index (κ3) is 11.6. The monoisotopic (exact) mass is 916 g/mol. The van der Waals surface area contributed by atoms with Crippen LogP contribution in [0.3, 0.4) is 0 Å². The summed E-state index contributed by atoms with van der Waals surface area (Å²) in [7, 11) is 1.58. The van der Waals surface area contributed by atoms with Crippen molar-refractivity contribution < 1.29 is 33.4 Å². The Morgan fingerprint density at radius 3 is 1.79 bits per heavy atom. The Balaban J connectivity index is 0.996. The van der Waals surface area contributed by atoms with Gasteiger partial charge in [0.15, 0.2) is 0 Å². The Kier molecular flexibility index (Phi) is 15.5.